The molecule has 0 aliphatic carbocycles. The van der Waals surface area contributed by atoms with Gasteiger partial charge in [0.05, 0.1) is 12.7 Å². The Morgan fingerprint density at radius 3 is 2.33 bits per heavy atom. The highest BCUT2D eigenvalue weighted by Crippen LogP contribution is 2.35. The molecule has 0 aromatic heterocycles. The Labute approximate surface area is 188 Å². The van der Waals surface area contributed by atoms with Crippen LogP contribution < -0.4 is 4.74 Å². The third kappa shape index (κ3) is 4.86. The highest BCUT2D eigenvalue weighted by atomic mass is 16.7. The van der Waals surface area contributed by atoms with Gasteiger partial charge >= 0.3 is 5.97 Å². The van der Waals surface area contributed by atoms with Gasteiger partial charge in [-0.05, 0) is 34.9 Å². The molecule has 0 bridgehead atoms. The summed E-state index contributed by atoms with van der Waals surface area (Å²) in [5.41, 5.74) is 1.37. The molecule has 33 heavy (non-hydrogen) atoms. The minimum Gasteiger partial charge on any atom is -0.508 e. The Balaban J connectivity index is 1.73. The predicted molar refractivity (Wildman–Crippen MR) is 112 cm³/mol. The molecule has 2 heterocycles. The van der Waals surface area contributed by atoms with Gasteiger partial charge in [-0.2, -0.15) is 0 Å². The number of esters is 1. The van der Waals surface area contributed by atoms with Crippen LogP contribution in [-0.4, -0.2) is 80.0 Å². The smallest absolute Gasteiger partial charge is 0.336 e. The van der Waals surface area contributed by atoms with E-state index in [2.05, 4.69) is 0 Å². The maximum atomic E-state index is 12.6. The number of phenolic OH excluding ortho intramolecular Hbond substituents is 2. The molecule has 0 amide bonds. The van der Waals surface area contributed by atoms with E-state index in [1.165, 1.54) is 30.3 Å². The first-order chi connectivity index (χ1) is 15.8. The maximum absolute atomic E-state index is 12.6. The van der Waals surface area contributed by atoms with E-state index < -0.39 is 49.4 Å². The fourth-order valence-corrected chi connectivity index (χ4v) is 3.86. The summed E-state index contributed by atoms with van der Waals surface area (Å²) < 4.78 is 16.8. The van der Waals surface area contributed by atoms with Gasteiger partial charge in [0, 0.05) is 18.6 Å². The van der Waals surface area contributed by atoms with Gasteiger partial charge in [0.25, 0.3) is 0 Å². The van der Waals surface area contributed by atoms with E-state index in [1.807, 2.05) is 0 Å². The van der Waals surface area contributed by atoms with Gasteiger partial charge < -0.3 is 44.8 Å². The second kappa shape index (κ2) is 9.48. The molecule has 2 aromatic carbocycles. The number of hydrogen-bond acceptors (Lipinski definition) is 10. The SMILES string of the molecule is O=C1C=C(c2ccc(O)cc2)[C@@H](O[C@H]2O[C@@H](CO)[C@@H](O)[C@@H](O)[C@H]2O)Cc2ccc(O)cc2O1. The van der Waals surface area contributed by atoms with E-state index >= 15 is 0 Å². The minimum atomic E-state index is -1.64. The van der Waals surface area contributed by atoms with Gasteiger partial charge in [-0.1, -0.05) is 18.2 Å². The molecule has 176 valence electrons. The minimum absolute atomic E-state index is 0.0139. The van der Waals surface area contributed by atoms with Crippen molar-refractivity contribution < 1.29 is 49.6 Å². The molecule has 2 aromatic rings. The molecule has 0 saturated carbocycles. The van der Waals surface area contributed by atoms with Gasteiger partial charge in [0.2, 0.25) is 0 Å². The molecule has 10 nitrogen and oxygen atoms in total. The number of carbonyl (C=O) groups excluding carboxylic acids is 1. The molecule has 2 aliphatic heterocycles. The number of phenols is 2. The second-order valence-corrected chi connectivity index (χ2v) is 7.89. The highest BCUT2D eigenvalue weighted by Gasteiger charge is 2.45. The summed E-state index contributed by atoms with van der Waals surface area (Å²) in [6, 6.07) is 10.3. The quantitative estimate of drug-likeness (QED) is 0.266. The summed E-state index contributed by atoms with van der Waals surface area (Å²) in [6.45, 7) is -0.620. The number of ether oxygens (including phenoxy) is 3. The van der Waals surface area contributed by atoms with Gasteiger partial charge in [-0.15, -0.1) is 0 Å². The molecule has 10 heteroatoms. The van der Waals surface area contributed by atoms with Crippen LogP contribution in [0, 0.1) is 0 Å². The summed E-state index contributed by atoms with van der Waals surface area (Å²) in [7, 11) is 0. The molecule has 2 aliphatic rings. The first-order valence-electron chi connectivity index (χ1n) is 10.3. The zero-order valence-electron chi connectivity index (χ0n) is 17.3. The van der Waals surface area contributed by atoms with Gasteiger partial charge in [-0.3, -0.25) is 0 Å². The van der Waals surface area contributed by atoms with Gasteiger partial charge in [0.15, 0.2) is 6.29 Å². The first kappa shape index (κ1) is 23.2. The van der Waals surface area contributed by atoms with Crippen LogP contribution in [-0.2, 0) is 20.7 Å². The average Bonchev–Trinajstić information content (AvgIpc) is 2.78. The Morgan fingerprint density at radius 2 is 1.64 bits per heavy atom. The largest absolute Gasteiger partial charge is 0.508 e. The Bertz CT molecular complexity index is 1030. The van der Waals surface area contributed by atoms with E-state index in [0.717, 1.165) is 0 Å². The molecular weight excluding hydrogens is 436 g/mol. The van der Waals surface area contributed by atoms with Crippen molar-refractivity contribution in [2.24, 2.45) is 0 Å². The lowest BCUT2D eigenvalue weighted by Crippen LogP contribution is -2.59. The molecule has 0 unspecified atom stereocenters. The van der Waals surface area contributed by atoms with E-state index in [-0.39, 0.29) is 23.7 Å². The molecule has 1 fully saturated rings. The van der Waals surface area contributed by atoms with Crippen molar-refractivity contribution in [3.05, 3.63) is 59.7 Å². The second-order valence-electron chi connectivity index (χ2n) is 7.89. The number of rotatable bonds is 4. The molecule has 0 spiro atoms. The number of aliphatic hydroxyl groups is 4. The zero-order valence-corrected chi connectivity index (χ0v) is 17.3. The van der Waals surface area contributed by atoms with Crippen molar-refractivity contribution in [2.45, 2.75) is 43.2 Å². The Kier molecular flexibility index (Phi) is 6.66. The van der Waals surface area contributed by atoms with Crippen LogP contribution in [0.2, 0.25) is 0 Å². The molecular formula is C23H24O10. The number of benzene rings is 2. The van der Waals surface area contributed by atoms with Crippen LogP contribution in [0.5, 0.6) is 17.2 Å². The van der Waals surface area contributed by atoms with Crippen LogP contribution >= 0.6 is 0 Å². The van der Waals surface area contributed by atoms with Crippen LogP contribution in [0.15, 0.2) is 48.5 Å². The van der Waals surface area contributed by atoms with E-state index in [9.17, 15) is 35.4 Å². The summed E-state index contributed by atoms with van der Waals surface area (Å²) in [5, 5.41) is 59.5. The third-order valence-corrected chi connectivity index (χ3v) is 5.63. The van der Waals surface area contributed by atoms with E-state index in [4.69, 9.17) is 14.2 Å². The number of fused-ring (bicyclic) bond motifs is 1. The lowest BCUT2D eigenvalue weighted by atomic mass is 9.93. The van der Waals surface area contributed by atoms with Crippen LogP contribution in [0.1, 0.15) is 11.1 Å². The van der Waals surface area contributed by atoms with Crippen LogP contribution in [0.25, 0.3) is 5.57 Å². The monoisotopic (exact) mass is 460 g/mol. The summed E-state index contributed by atoms with van der Waals surface area (Å²) >= 11 is 0. The highest BCUT2D eigenvalue weighted by molar-refractivity contribution is 5.94. The zero-order chi connectivity index (χ0) is 23.7. The summed E-state index contributed by atoms with van der Waals surface area (Å²) in [6.07, 6.45) is -7.05. The van der Waals surface area contributed by atoms with E-state index in [1.54, 1.807) is 18.2 Å². The van der Waals surface area contributed by atoms with Crippen molar-refractivity contribution in [2.75, 3.05) is 6.61 Å². The lowest BCUT2D eigenvalue weighted by Gasteiger charge is -2.41. The number of carbonyl (C=O) groups is 1. The fourth-order valence-electron chi connectivity index (χ4n) is 3.86. The van der Waals surface area contributed by atoms with Crippen molar-refractivity contribution in [1.82, 2.24) is 0 Å². The topological polar surface area (TPSA) is 166 Å². The van der Waals surface area contributed by atoms with Crippen molar-refractivity contribution in [1.29, 1.82) is 0 Å². The van der Waals surface area contributed by atoms with Crippen LogP contribution in [0.3, 0.4) is 0 Å². The maximum Gasteiger partial charge on any atom is 0.336 e. The number of hydrogen-bond donors (Lipinski definition) is 6. The molecule has 6 N–H and O–H groups in total. The molecule has 1 saturated heterocycles. The standard InChI is InChI=1S/C23H24O10/c24-10-18-20(28)21(29)22(30)23(33-18)32-17-7-12-3-6-14(26)8-16(12)31-19(27)9-15(17)11-1-4-13(25)5-2-11/h1-6,8-9,17-18,20-26,28-30H,7,10H2/t17-,18-,20+,21+,22+,23-/m0/s1. The fraction of sp³-hybridized carbons (Fsp3) is 0.348. The van der Waals surface area contributed by atoms with Crippen molar-refractivity contribution >= 4 is 11.5 Å². The van der Waals surface area contributed by atoms with Crippen molar-refractivity contribution in [3.8, 4) is 17.2 Å². The van der Waals surface area contributed by atoms with Crippen molar-refractivity contribution in [3.63, 3.8) is 0 Å². The molecule has 6 atom stereocenters. The predicted octanol–water partition coefficient (Wildman–Crippen LogP) is -0.172. The molecule has 0 radical (unpaired) electrons. The first-order valence-corrected chi connectivity index (χ1v) is 10.3. The third-order valence-electron chi connectivity index (χ3n) is 5.63. The Morgan fingerprint density at radius 1 is 0.939 bits per heavy atom. The van der Waals surface area contributed by atoms with E-state index in [0.29, 0.717) is 16.7 Å². The lowest BCUT2D eigenvalue weighted by molar-refractivity contribution is -0.306. The summed E-state index contributed by atoms with van der Waals surface area (Å²) in [4.78, 5) is 12.6. The average molecular weight is 460 g/mol. The number of aliphatic hydroxyl groups excluding tert-OH is 4. The number of aromatic hydroxyl groups is 2. The normalized spacial score (nSPS) is 29.9. The molecule has 4 rings (SSSR count). The van der Waals surface area contributed by atoms with Gasteiger partial charge in [0.1, 0.15) is 41.7 Å². The Hall–Kier alpha value is -2.99. The van der Waals surface area contributed by atoms with Crippen LogP contribution in [0.4, 0.5) is 0 Å². The van der Waals surface area contributed by atoms with Gasteiger partial charge in [-0.25, -0.2) is 4.79 Å². The summed E-state index contributed by atoms with van der Waals surface area (Å²) in [5.74, 6) is -0.702.